The molecular formula is C20H20F4N2O3S. The molecule has 0 bridgehead atoms. The van der Waals surface area contributed by atoms with E-state index in [4.69, 9.17) is 0 Å². The summed E-state index contributed by atoms with van der Waals surface area (Å²) in [7, 11) is -2.74. The molecule has 1 aliphatic carbocycles. The lowest BCUT2D eigenvalue weighted by Crippen LogP contribution is -2.41. The second-order valence-electron chi connectivity index (χ2n) is 7.16. The number of hydrogen-bond acceptors (Lipinski definition) is 3. The van der Waals surface area contributed by atoms with Gasteiger partial charge in [-0.1, -0.05) is 12.1 Å². The largest absolute Gasteiger partial charge is 0.416 e. The Balaban J connectivity index is 1.70. The van der Waals surface area contributed by atoms with Gasteiger partial charge in [-0.05, 0) is 54.8 Å². The van der Waals surface area contributed by atoms with Crippen molar-refractivity contribution in [3.63, 3.8) is 0 Å². The maximum atomic E-state index is 13.1. The molecule has 162 valence electrons. The number of likely N-dealkylation sites (N-methyl/N-ethyl adjacent to an activating group) is 1. The molecule has 0 atom stereocenters. The van der Waals surface area contributed by atoms with Gasteiger partial charge < -0.3 is 4.90 Å². The first kappa shape index (κ1) is 22.2. The molecule has 0 heterocycles. The second kappa shape index (κ2) is 8.35. The van der Waals surface area contributed by atoms with E-state index in [0.717, 1.165) is 53.5 Å². The third kappa shape index (κ3) is 5.17. The topological polar surface area (TPSA) is 57.7 Å². The van der Waals surface area contributed by atoms with Crippen molar-refractivity contribution in [2.75, 3.05) is 13.6 Å². The number of halogens is 4. The highest BCUT2D eigenvalue weighted by Crippen LogP contribution is 2.31. The predicted molar refractivity (Wildman–Crippen MR) is 101 cm³/mol. The van der Waals surface area contributed by atoms with Crippen LogP contribution in [0.5, 0.6) is 0 Å². The number of nitrogens with zero attached hydrogens (tertiary/aromatic N) is 2. The lowest BCUT2D eigenvalue weighted by atomic mass is 10.1. The van der Waals surface area contributed by atoms with E-state index in [1.165, 1.54) is 24.1 Å². The molecule has 5 nitrogen and oxygen atoms in total. The average molecular weight is 444 g/mol. The third-order valence-corrected chi connectivity index (χ3v) is 6.64. The minimum absolute atomic E-state index is 0.0679. The molecule has 1 fully saturated rings. The number of benzene rings is 2. The van der Waals surface area contributed by atoms with Crippen LogP contribution >= 0.6 is 0 Å². The maximum Gasteiger partial charge on any atom is 0.416 e. The summed E-state index contributed by atoms with van der Waals surface area (Å²) in [6, 6.07) is 8.73. The van der Waals surface area contributed by atoms with Crippen molar-refractivity contribution >= 4 is 15.9 Å². The molecule has 1 saturated carbocycles. The van der Waals surface area contributed by atoms with E-state index in [2.05, 4.69) is 0 Å². The summed E-state index contributed by atoms with van der Waals surface area (Å²) >= 11 is 0. The Labute approximate surface area is 172 Å². The van der Waals surface area contributed by atoms with Gasteiger partial charge in [-0.15, -0.1) is 0 Å². The van der Waals surface area contributed by atoms with Crippen LogP contribution in [0, 0.1) is 5.82 Å². The van der Waals surface area contributed by atoms with Gasteiger partial charge in [0.2, 0.25) is 15.9 Å². The lowest BCUT2D eigenvalue weighted by molar-refractivity contribution is -0.137. The molecule has 0 saturated heterocycles. The fraction of sp³-hybridized carbons (Fsp3) is 0.350. The molecule has 2 aromatic carbocycles. The zero-order chi connectivity index (χ0) is 22.1. The fourth-order valence-electron chi connectivity index (χ4n) is 2.96. The Kier molecular flexibility index (Phi) is 6.19. The molecule has 2 aromatic rings. The van der Waals surface area contributed by atoms with E-state index in [1.807, 2.05) is 0 Å². The molecule has 0 aliphatic heterocycles. The molecule has 1 aliphatic rings. The third-order valence-electron chi connectivity index (χ3n) is 4.82. The van der Waals surface area contributed by atoms with E-state index in [1.54, 1.807) is 0 Å². The summed E-state index contributed by atoms with van der Waals surface area (Å²) in [6.07, 6.45) is -2.94. The van der Waals surface area contributed by atoms with Crippen LogP contribution in [-0.2, 0) is 27.5 Å². The number of rotatable bonds is 7. The monoisotopic (exact) mass is 444 g/mol. The molecule has 0 N–H and O–H groups in total. The predicted octanol–water partition coefficient (Wildman–Crippen LogP) is 3.66. The fourth-order valence-corrected chi connectivity index (χ4v) is 4.08. The molecule has 10 heteroatoms. The quantitative estimate of drug-likeness (QED) is 0.613. The van der Waals surface area contributed by atoms with Crippen LogP contribution in [0.1, 0.15) is 24.0 Å². The average Bonchev–Trinajstić information content (AvgIpc) is 3.51. The number of carbonyl (C=O) groups excluding carboxylic acids is 1. The molecular weight excluding hydrogens is 424 g/mol. The van der Waals surface area contributed by atoms with Crippen LogP contribution in [0.25, 0.3) is 0 Å². The number of amides is 1. The highest BCUT2D eigenvalue weighted by atomic mass is 32.2. The van der Waals surface area contributed by atoms with Gasteiger partial charge in [0.1, 0.15) is 5.82 Å². The molecule has 0 radical (unpaired) electrons. The summed E-state index contributed by atoms with van der Waals surface area (Å²) in [6.45, 7) is -0.344. The van der Waals surface area contributed by atoms with Crippen molar-refractivity contribution < 1.29 is 30.8 Å². The Morgan fingerprint density at radius 1 is 1.03 bits per heavy atom. The number of alkyl halides is 3. The zero-order valence-electron chi connectivity index (χ0n) is 16.1. The van der Waals surface area contributed by atoms with E-state index in [0.29, 0.717) is 5.56 Å². The van der Waals surface area contributed by atoms with E-state index in [-0.39, 0.29) is 17.5 Å². The highest BCUT2D eigenvalue weighted by Gasteiger charge is 2.35. The molecule has 0 aromatic heterocycles. The van der Waals surface area contributed by atoms with Crippen molar-refractivity contribution in [2.45, 2.75) is 36.5 Å². The van der Waals surface area contributed by atoms with Crippen molar-refractivity contribution in [3.8, 4) is 0 Å². The van der Waals surface area contributed by atoms with Crippen molar-refractivity contribution in [1.29, 1.82) is 0 Å². The molecule has 0 unspecified atom stereocenters. The second-order valence-corrected chi connectivity index (χ2v) is 9.21. The Bertz CT molecular complexity index is 1000. The lowest BCUT2D eigenvalue weighted by Gasteiger charge is -2.25. The van der Waals surface area contributed by atoms with Crippen molar-refractivity contribution in [3.05, 3.63) is 65.5 Å². The summed E-state index contributed by atoms with van der Waals surface area (Å²) in [5.41, 5.74) is -0.257. The number of hydrogen-bond donors (Lipinski definition) is 0. The molecule has 0 spiro atoms. The van der Waals surface area contributed by atoms with Gasteiger partial charge in [0.05, 0.1) is 17.0 Å². The Morgan fingerprint density at radius 3 is 2.10 bits per heavy atom. The van der Waals surface area contributed by atoms with Crippen LogP contribution in [0.15, 0.2) is 53.4 Å². The van der Waals surface area contributed by atoms with Crippen molar-refractivity contribution in [2.24, 2.45) is 0 Å². The standard InChI is InChI=1S/C20H20F4N2O3S/c1-25(30(28,29)18-10-6-16(21)7-11-18)13-19(27)26(17-8-9-17)12-14-2-4-15(5-3-14)20(22,23)24/h2-7,10-11,17H,8-9,12-13H2,1H3. The van der Waals surface area contributed by atoms with E-state index >= 15 is 0 Å². The van der Waals surface area contributed by atoms with Crippen LogP contribution in [0.2, 0.25) is 0 Å². The minimum atomic E-state index is -4.44. The molecule has 3 rings (SSSR count). The summed E-state index contributed by atoms with van der Waals surface area (Å²) < 4.78 is 77.3. The SMILES string of the molecule is CN(CC(=O)N(Cc1ccc(C(F)(F)F)cc1)C1CC1)S(=O)(=O)c1ccc(F)cc1. The Morgan fingerprint density at radius 2 is 1.60 bits per heavy atom. The van der Waals surface area contributed by atoms with Crippen LogP contribution < -0.4 is 0 Å². The van der Waals surface area contributed by atoms with E-state index in [9.17, 15) is 30.8 Å². The van der Waals surface area contributed by atoms with Gasteiger partial charge in [-0.3, -0.25) is 4.79 Å². The van der Waals surface area contributed by atoms with Gasteiger partial charge in [-0.25, -0.2) is 12.8 Å². The zero-order valence-corrected chi connectivity index (χ0v) is 16.9. The molecule has 30 heavy (non-hydrogen) atoms. The van der Waals surface area contributed by atoms with Gasteiger partial charge in [0.15, 0.2) is 0 Å². The first-order valence-corrected chi connectivity index (χ1v) is 10.6. The van der Waals surface area contributed by atoms with E-state index < -0.39 is 40.0 Å². The minimum Gasteiger partial charge on any atom is -0.334 e. The molecule has 1 amide bonds. The van der Waals surface area contributed by atoms with Gasteiger partial charge in [-0.2, -0.15) is 17.5 Å². The first-order chi connectivity index (χ1) is 14.0. The van der Waals surface area contributed by atoms with Crippen LogP contribution in [0.4, 0.5) is 17.6 Å². The van der Waals surface area contributed by atoms with Crippen LogP contribution in [-0.4, -0.2) is 43.2 Å². The smallest absolute Gasteiger partial charge is 0.334 e. The van der Waals surface area contributed by atoms with Crippen LogP contribution in [0.3, 0.4) is 0 Å². The van der Waals surface area contributed by atoms with Crippen molar-refractivity contribution in [1.82, 2.24) is 9.21 Å². The summed E-state index contributed by atoms with van der Waals surface area (Å²) in [4.78, 5) is 14.1. The number of sulfonamides is 1. The summed E-state index contributed by atoms with van der Waals surface area (Å²) in [5.74, 6) is -1.03. The van der Waals surface area contributed by atoms with Gasteiger partial charge in [0, 0.05) is 19.6 Å². The Hall–Kier alpha value is -2.46. The first-order valence-electron chi connectivity index (χ1n) is 9.16. The maximum absolute atomic E-state index is 13.1. The number of carbonyl (C=O) groups is 1. The summed E-state index contributed by atoms with van der Waals surface area (Å²) in [5, 5.41) is 0. The highest BCUT2D eigenvalue weighted by molar-refractivity contribution is 7.89. The van der Waals surface area contributed by atoms with Gasteiger partial charge in [0.25, 0.3) is 0 Å². The normalized spacial score (nSPS) is 14.7. The van der Waals surface area contributed by atoms with Gasteiger partial charge >= 0.3 is 6.18 Å².